The Morgan fingerprint density at radius 2 is 1.19 bits per heavy atom. The zero-order valence-corrected chi connectivity index (χ0v) is 23.2. The highest BCUT2D eigenvalue weighted by Gasteiger charge is 2.50. The molecule has 0 saturated heterocycles. The average Bonchev–Trinajstić information content (AvgIpc) is 3.28. The van der Waals surface area contributed by atoms with Gasteiger partial charge < -0.3 is 0 Å². The molecule has 1 nitrogen and oxygen atoms in total. The van der Waals surface area contributed by atoms with Crippen LogP contribution in [-0.2, 0) is 0 Å². The zero-order valence-electron chi connectivity index (χ0n) is 23.2. The highest BCUT2D eigenvalue weighted by atomic mass is 14.8. The lowest BCUT2D eigenvalue weighted by molar-refractivity contribution is 0.120. The number of rotatable bonds is 0. The number of allylic oxidation sites excluding steroid dienone is 3. The summed E-state index contributed by atoms with van der Waals surface area (Å²) in [5.41, 5.74) is 8.91. The minimum atomic E-state index is 0.747. The van der Waals surface area contributed by atoms with Gasteiger partial charge in [-0.25, -0.2) is 0 Å². The molecule has 0 amide bonds. The molecule has 6 unspecified atom stereocenters. The highest BCUT2D eigenvalue weighted by Crippen LogP contribution is 2.58. The average molecular weight is 488 g/mol. The Morgan fingerprint density at radius 1 is 0.556 bits per heavy atom. The second kappa shape index (κ2) is 12.2. The summed E-state index contributed by atoms with van der Waals surface area (Å²) in [5, 5.41) is 0. The Kier molecular flexibility index (Phi) is 8.54. The maximum absolute atomic E-state index is 5.91. The van der Waals surface area contributed by atoms with Crippen LogP contribution in [0.15, 0.2) is 34.1 Å². The Morgan fingerprint density at radius 3 is 2.11 bits per heavy atom. The number of hydrogen-bond donors (Lipinski definition) is 0. The van der Waals surface area contributed by atoms with Gasteiger partial charge in [0.2, 0.25) is 0 Å². The van der Waals surface area contributed by atoms with Gasteiger partial charge in [-0.2, -0.15) is 0 Å². The fourth-order valence-corrected chi connectivity index (χ4v) is 9.99. The molecule has 5 aliphatic carbocycles. The van der Waals surface area contributed by atoms with Gasteiger partial charge in [0, 0.05) is 23.2 Å². The van der Waals surface area contributed by atoms with Gasteiger partial charge in [0.15, 0.2) is 0 Å². The van der Waals surface area contributed by atoms with Crippen LogP contribution in [0, 0.1) is 41.4 Å². The molecule has 6 aliphatic rings. The number of hydrogen-bond acceptors (Lipinski definition) is 1. The maximum Gasteiger partial charge on any atom is 0.0434 e. The van der Waals surface area contributed by atoms with E-state index >= 15 is 0 Å². The van der Waals surface area contributed by atoms with Crippen LogP contribution in [0.2, 0.25) is 0 Å². The molecule has 6 rings (SSSR count). The van der Waals surface area contributed by atoms with Crippen LogP contribution in [-0.4, -0.2) is 5.71 Å². The summed E-state index contributed by atoms with van der Waals surface area (Å²) in [5.74, 6) is 5.98. The van der Waals surface area contributed by atoms with Gasteiger partial charge in [0.1, 0.15) is 0 Å². The van der Waals surface area contributed by atoms with E-state index in [9.17, 15) is 0 Å². The molecule has 0 spiro atoms. The van der Waals surface area contributed by atoms with Crippen LogP contribution in [0.3, 0.4) is 0 Å². The predicted octanol–water partition coefficient (Wildman–Crippen LogP) is 10.4. The molecule has 1 heteroatoms. The minimum Gasteiger partial charge on any atom is -0.262 e. The molecule has 0 bridgehead atoms. The first-order valence-corrected chi connectivity index (χ1v) is 16.6. The SMILES string of the molecule is C1=CCCCCC2C3=C(C4CCCCCC4C2CCC=1)C1CCCCCCC[C@@H]2CCCCC(=N3)C12. The third-order valence-corrected chi connectivity index (χ3v) is 11.5. The summed E-state index contributed by atoms with van der Waals surface area (Å²) in [7, 11) is 0. The van der Waals surface area contributed by atoms with Crippen LogP contribution in [0.25, 0.3) is 0 Å². The Bertz CT molecular complexity index is 869. The fourth-order valence-electron chi connectivity index (χ4n) is 9.99. The standard InChI is InChI=1S/C35H53N/c1-2-6-11-21-28-27-20-14-9-15-22-29(27)34-31-24-13-8-4-5-10-18-26-19-16-17-25-32(33(26)31)36-35(34)30(28)23-12-7-3-1/h1,6,26-31,33H,3-5,7-25H2/t2?,26-,27?,28?,29?,30?,31?,33?/m1/s1. The third-order valence-electron chi connectivity index (χ3n) is 11.5. The molecule has 0 radical (unpaired) electrons. The van der Waals surface area contributed by atoms with Crippen molar-refractivity contribution in [3.63, 3.8) is 0 Å². The molecule has 36 heavy (non-hydrogen) atoms. The van der Waals surface area contributed by atoms with Crippen LogP contribution < -0.4 is 0 Å². The molecule has 1 heterocycles. The van der Waals surface area contributed by atoms with Gasteiger partial charge in [0.25, 0.3) is 0 Å². The smallest absolute Gasteiger partial charge is 0.0434 e. The van der Waals surface area contributed by atoms with Gasteiger partial charge in [-0.05, 0) is 124 Å². The van der Waals surface area contributed by atoms with Crippen LogP contribution in [0.5, 0.6) is 0 Å². The Hall–Kier alpha value is -1.07. The van der Waals surface area contributed by atoms with E-state index in [-0.39, 0.29) is 0 Å². The van der Waals surface area contributed by atoms with Crippen molar-refractivity contribution in [2.75, 3.05) is 0 Å². The van der Waals surface area contributed by atoms with Crippen molar-refractivity contribution in [2.45, 2.75) is 141 Å². The molecule has 0 aromatic rings. The van der Waals surface area contributed by atoms with Crippen molar-refractivity contribution < 1.29 is 0 Å². The van der Waals surface area contributed by atoms with Crippen LogP contribution in [0.1, 0.15) is 141 Å². The number of aliphatic imine (C=N–C) groups is 1. The van der Waals surface area contributed by atoms with Gasteiger partial charge in [-0.1, -0.05) is 64.2 Å². The van der Waals surface area contributed by atoms with Crippen molar-refractivity contribution in [3.8, 4) is 0 Å². The topological polar surface area (TPSA) is 12.4 Å². The van der Waals surface area contributed by atoms with E-state index in [4.69, 9.17) is 4.99 Å². The van der Waals surface area contributed by atoms with Crippen molar-refractivity contribution >= 4 is 5.71 Å². The third kappa shape index (κ3) is 5.25. The molecule has 0 N–H and O–H groups in total. The Balaban J connectivity index is 1.45. The first-order valence-electron chi connectivity index (χ1n) is 16.6. The van der Waals surface area contributed by atoms with Crippen molar-refractivity contribution in [1.29, 1.82) is 0 Å². The summed E-state index contributed by atoms with van der Waals surface area (Å²) in [4.78, 5) is 5.91. The van der Waals surface area contributed by atoms with Crippen molar-refractivity contribution in [1.82, 2.24) is 0 Å². The lowest BCUT2D eigenvalue weighted by Gasteiger charge is -2.51. The van der Waals surface area contributed by atoms with Gasteiger partial charge in [-0.3, -0.25) is 4.99 Å². The molecule has 198 valence electrons. The molecular formula is C35H53N. The van der Waals surface area contributed by atoms with E-state index in [0.717, 1.165) is 41.4 Å². The van der Waals surface area contributed by atoms with Gasteiger partial charge in [-0.15, -0.1) is 5.73 Å². The quantitative estimate of drug-likeness (QED) is 0.301. The normalized spacial score (nSPS) is 40.2. The molecule has 3 saturated carbocycles. The highest BCUT2D eigenvalue weighted by molar-refractivity contribution is 5.90. The lowest BCUT2D eigenvalue weighted by atomic mass is 9.55. The lowest BCUT2D eigenvalue weighted by Crippen LogP contribution is -2.44. The zero-order chi connectivity index (χ0) is 24.2. The second-order valence-electron chi connectivity index (χ2n) is 13.5. The van der Waals surface area contributed by atoms with Crippen molar-refractivity contribution in [3.05, 3.63) is 29.2 Å². The van der Waals surface area contributed by atoms with Crippen LogP contribution >= 0.6 is 0 Å². The van der Waals surface area contributed by atoms with E-state index in [1.54, 1.807) is 11.4 Å². The van der Waals surface area contributed by atoms with E-state index < -0.39 is 0 Å². The fraction of sp³-hybridized carbons (Fsp3) is 0.829. The molecular weight excluding hydrogens is 434 g/mol. The molecule has 7 atom stereocenters. The number of fused-ring (bicyclic) bond motifs is 6. The summed E-state index contributed by atoms with van der Waals surface area (Å²) in [6.07, 6.45) is 36.0. The van der Waals surface area contributed by atoms with E-state index in [1.165, 1.54) is 141 Å². The minimum absolute atomic E-state index is 0.747. The van der Waals surface area contributed by atoms with Gasteiger partial charge >= 0.3 is 0 Å². The largest absolute Gasteiger partial charge is 0.262 e. The Labute approximate surface area is 222 Å². The summed E-state index contributed by atoms with van der Waals surface area (Å²) < 4.78 is 0. The molecule has 3 fully saturated rings. The van der Waals surface area contributed by atoms with Crippen LogP contribution in [0.4, 0.5) is 0 Å². The monoisotopic (exact) mass is 487 g/mol. The van der Waals surface area contributed by atoms with Crippen molar-refractivity contribution in [2.24, 2.45) is 46.4 Å². The summed E-state index contributed by atoms with van der Waals surface area (Å²) in [6, 6.07) is 0. The first-order chi connectivity index (χ1) is 17.9. The molecule has 0 aromatic heterocycles. The van der Waals surface area contributed by atoms with E-state index in [0.29, 0.717) is 0 Å². The first kappa shape index (κ1) is 25.2. The summed E-state index contributed by atoms with van der Waals surface area (Å²) in [6.45, 7) is 0. The predicted molar refractivity (Wildman–Crippen MR) is 153 cm³/mol. The molecule has 0 aromatic carbocycles. The maximum atomic E-state index is 5.91. The van der Waals surface area contributed by atoms with Gasteiger partial charge in [0.05, 0.1) is 0 Å². The summed E-state index contributed by atoms with van der Waals surface area (Å²) >= 11 is 0. The van der Waals surface area contributed by atoms with E-state index in [2.05, 4.69) is 17.9 Å². The molecule has 1 aliphatic heterocycles. The van der Waals surface area contributed by atoms with E-state index in [1.807, 2.05) is 5.57 Å². The second-order valence-corrected chi connectivity index (χ2v) is 13.5. The number of nitrogens with zero attached hydrogens (tertiary/aromatic N) is 1.